The molecule has 74 valence electrons. The number of benzene rings is 1. The number of ether oxygens (including phenoxy) is 1. The molecule has 0 aliphatic carbocycles. The zero-order valence-electron chi connectivity index (χ0n) is 7.58. The number of hydrogen-bond acceptors (Lipinski definition) is 3. The molecular weight excluding hydrogens is 280 g/mol. The second-order valence-corrected chi connectivity index (χ2v) is 5.58. The van der Waals surface area contributed by atoms with E-state index in [0.29, 0.717) is 6.61 Å². The van der Waals surface area contributed by atoms with Crippen molar-refractivity contribution in [2.45, 2.75) is 11.8 Å². The van der Waals surface area contributed by atoms with Gasteiger partial charge in [-0.05, 0) is 28.9 Å². The van der Waals surface area contributed by atoms with E-state index >= 15 is 0 Å². The molecule has 0 radical (unpaired) electrons. The van der Waals surface area contributed by atoms with Crippen molar-refractivity contribution in [3.63, 3.8) is 0 Å². The van der Waals surface area contributed by atoms with Gasteiger partial charge in [-0.1, -0.05) is 12.1 Å². The first-order valence-corrected chi connectivity index (χ1v) is 6.32. The number of rotatable bonds is 2. The molecule has 0 unspecified atom stereocenters. The molecular formula is C10H9BrOS2. The van der Waals surface area contributed by atoms with Gasteiger partial charge in [-0.15, -0.1) is 24.0 Å². The van der Waals surface area contributed by atoms with Crippen molar-refractivity contribution in [2.75, 3.05) is 6.61 Å². The maximum atomic E-state index is 5.54. The molecule has 0 saturated heterocycles. The Balaban J connectivity index is 2.68. The summed E-state index contributed by atoms with van der Waals surface area (Å²) >= 11 is 9.58. The molecule has 0 atom stereocenters. The van der Waals surface area contributed by atoms with Crippen molar-refractivity contribution in [2.24, 2.45) is 0 Å². The van der Waals surface area contributed by atoms with Crippen LogP contribution in [-0.4, -0.2) is 6.61 Å². The first kappa shape index (κ1) is 10.3. The van der Waals surface area contributed by atoms with Gasteiger partial charge in [0.1, 0.15) is 5.75 Å². The summed E-state index contributed by atoms with van der Waals surface area (Å²) in [5, 5.41) is 1.15. The Labute approximate surface area is 101 Å². The van der Waals surface area contributed by atoms with Crippen LogP contribution in [0.15, 0.2) is 26.9 Å². The second-order valence-electron chi connectivity index (χ2n) is 2.79. The highest BCUT2D eigenvalue weighted by atomic mass is 79.9. The van der Waals surface area contributed by atoms with Crippen LogP contribution in [0.25, 0.3) is 10.1 Å². The van der Waals surface area contributed by atoms with E-state index in [2.05, 4.69) is 34.6 Å². The fourth-order valence-corrected chi connectivity index (χ4v) is 3.31. The third kappa shape index (κ3) is 1.66. The number of hydrogen-bond donors (Lipinski definition) is 1. The highest BCUT2D eigenvalue weighted by Gasteiger charge is 2.10. The van der Waals surface area contributed by atoms with Gasteiger partial charge in [0, 0.05) is 10.3 Å². The minimum atomic E-state index is 0.691. The Morgan fingerprint density at radius 1 is 1.50 bits per heavy atom. The van der Waals surface area contributed by atoms with Crippen molar-refractivity contribution in [3.8, 4) is 5.75 Å². The van der Waals surface area contributed by atoms with E-state index in [4.69, 9.17) is 4.74 Å². The average Bonchev–Trinajstić information content (AvgIpc) is 2.46. The van der Waals surface area contributed by atoms with Crippen LogP contribution in [0.1, 0.15) is 6.92 Å². The Kier molecular flexibility index (Phi) is 3.04. The molecule has 0 aliphatic rings. The first-order valence-electron chi connectivity index (χ1n) is 4.26. The Morgan fingerprint density at radius 2 is 2.29 bits per heavy atom. The molecule has 4 heteroatoms. The van der Waals surface area contributed by atoms with Gasteiger partial charge in [0.25, 0.3) is 0 Å². The second kappa shape index (κ2) is 4.13. The topological polar surface area (TPSA) is 9.23 Å². The van der Waals surface area contributed by atoms with Crippen molar-refractivity contribution in [1.82, 2.24) is 0 Å². The van der Waals surface area contributed by atoms with E-state index in [1.54, 1.807) is 11.3 Å². The lowest BCUT2D eigenvalue weighted by Crippen LogP contribution is -1.90. The van der Waals surface area contributed by atoms with E-state index in [9.17, 15) is 0 Å². The molecule has 1 nitrogen and oxygen atoms in total. The molecule has 0 N–H and O–H groups in total. The predicted molar refractivity (Wildman–Crippen MR) is 67.9 cm³/mol. The van der Waals surface area contributed by atoms with Crippen LogP contribution >= 0.6 is 39.9 Å². The Bertz CT molecular complexity index is 464. The lowest BCUT2D eigenvalue weighted by Gasteiger charge is -2.03. The van der Waals surface area contributed by atoms with Crippen LogP contribution in [-0.2, 0) is 0 Å². The maximum Gasteiger partial charge on any atom is 0.137 e. The predicted octanol–water partition coefficient (Wildman–Crippen LogP) is 4.35. The normalized spacial score (nSPS) is 10.8. The van der Waals surface area contributed by atoms with E-state index in [0.717, 1.165) is 24.5 Å². The highest BCUT2D eigenvalue weighted by molar-refractivity contribution is 9.11. The van der Waals surface area contributed by atoms with Crippen LogP contribution in [0.4, 0.5) is 0 Å². The largest absolute Gasteiger partial charge is 0.492 e. The van der Waals surface area contributed by atoms with Gasteiger partial charge in [0.15, 0.2) is 0 Å². The summed E-state index contributed by atoms with van der Waals surface area (Å²) in [6.07, 6.45) is 0. The quantitative estimate of drug-likeness (QED) is 0.809. The number of thiophene rings is 1. The molecule has 0 amide bonds. The summed E-state index contributed by atoms with van der Waals surface area (Å²) in [7, 11) is 0. The molecule has 0 saturated carbocycles. The Morgan fingerprint density at radius 3 is 3.00 bits per heavy atom. The minimum absolute atomic E-state index is 0.691. The maximum absolute atomic E-state index is 5.54. The van der Waals surface area contributed by atoms with Crippen molar-refractivity contribution >= 4 is 50.0 Å². The van der Waals surface area contributed by atoms with Crippen LogP contribution < -0.4 is 4.74 Å². The zero-order valence-corrected chi connectivity index (χ0v) is 10.9. The van der Waals surface area contributed by atoms with Crippen molar-refractivity contribution in [3.05, 3.63) is 22.0 Å². The molecule has 1 aromatic carbocycles. The van der Waals surface area contributed by atoms with Gasteiger partial charge in [-0.2, -0.15) is 0 Å². The van der Waals surface area contributed by atoms with Crippen LogP contribution in [0.5, 0.6) is 5.75 Å². The van der Waals surface area contributed by atoms with Crippen LogP contribution in [0.2, 0.25) is 0 Å². The number of fused-ring (bicyclic) bond motifs is 1. The molecule has 1 heterocycles. The summed E-state index contributed by atoms with van der Waals surface area (Å²) in [5.74, 6) is 0.941. The number of halogens is 1. The monoisotopic (exact) mass is 288 g/mol. The fourth-order valence-electron chi connectivity index (χ4n) is 1.32. The van der Waals surface area contributed by atoms with Gasteiger partial charge in [0.05, 0.1) is 15.1 Å². The molecule has 0 spiro atoms. The fraction of sp³-hybridized carbons (Fsp3) is 0.200. The van der Waals surface area contributed by atoms with Crippen LogP contribution in [0, 0.1) is 0 Å². The van der Waals surface area contributed by atoms with Crippen LogP contribution in [0.3, 0.4) is 0 Å². The molecule has 2 rings (SSSR count). The number of thiol groups is 1. The smallest absolute Gasteiger partial charge is 0.137 e. The molecule has 2 aromatic rings. The zero-order chi connectivity index (χ0) is 10.1. The van der Waals surface area contributed by atoms with Gasteiger partial charge in [0.2, 0.25) is 0 Å². The van der Waals surface area contributed by atoms with E-state index in [-0.39, 0.29) is 0 Å². The summed E-state index contributed by atoms with van der Waals surface area (Å²) in [5.41, 5.74) is 0. The molecule has 1 aromatic heterocycles. The lowest BCUT2D eigenvalue weighted by molar-refractivity contribution is 0.345. The summed E-state index contributed by atoms with van der Waals surface area (Å²) in [6.45, 7) is 2.68. The molecule has 14 heavy (non-hydrogen) atoms. The Hall–Kier alpha value is -0.190. The standard InChI is InChI=1S/C10H9BrOS2/c1-2-12-7-5-3-4-6-8(13)10(11)14-9(6)7/h3-5,13H,2H2,1H3. The first-order chi connectivity index (χ1) is 6.74. The third-order valence-electron chi connectivity index (χ3n) is 1.91. The van der Waals surface area contributed by atoms with Gasteiger partial charge < -0.3 is 4.74 Å². The van der Waals surface area contributed by atoms with Crippen molar-refractivity contribution < 1.29 is 4.74 Å². The average molecular weight is 289 g/mol. The van der Waals surface area contributed by atoms with Gasteiger partial charge in [-0.25, -0.2) is 0 Å². The van der Waals surface area contributed by atoms with E-state index < -0.39 is 0 Å². The molecule has 0 aliphatic heterocycles. The summed E-state index contributed by atoms with van der Waals surface area (Å²) < 4.78 is 7.76. The van der Waals surface area contributed by atoms with Gasteiger partial charge >= 0.3 is 0 Å². The van der Waals surface area contributed by atoms with E-state index in [1.165, 1.54) is 0 Å². The van der Waals surface area contributed by atoms with E-state index in [1.807, 2.05) is 19.1 Å². The summed E-state index contributed by atoms with van der Waals surface area (Å²) in [6, 6.07) is 6.04. The van der Waals surface area contributed by atoms with Crippen molar-refractivity contribution in [1.29, 1.82) is 0 Å². The SMILES string of the molecule is CCOc1cccc2c(S)c(Br)sc12. The molecule has 0 fully saturated rings. The van der Waals surface area contributed by atoms with Gasteiger partial charge in [-0.3, -0.25) is 0 Å². The third-order valence-corrected chi connectivity index (χ3v) is 4.72. The highest BCUT2D eigenvalue weighted by Crippen LogP contribution is 2.42. The molecule has 0 bridgehead atoms. The summed E-state index contributed by atoms with van der Waals surface area (Å²) in [4.78, 5) is 0.992. The minimum Gasteiger partial charge on any atom is -0.492 e. The lowest BCUT2D eigenvalue weighted by atomic mass is 10.2.